The fourth-order valence-corrected chi connectivity index (χ4v) is 3.98. The first kappa shape index (κ1) is 22.7. The zero-order chi connectivity index (χ0) is 23.2. The minimum absolute atomic E-state index is 0.0643. The summed E-state index contributed by atoms with van der Waals surface area (Å²) in [7, 11) is 1.63. The average Bonchev–Trinajstić information content (AvgIpc) is 2.85. The van der Waals surface area contributed by atoms with Crippen molar-refractivity contribution in [3.63, 3.8) is 0 Å². The van der Waals surface area contributed by atoms with Gasteiger partial charge in [-0.25, -0.2) is 4.68 Å². The molecule has 1 aliphatic heterocycles. The van der Waals surface area contributed by atoms with Crippen molar-refractivity contribution in [2.24, 2.45) is 0 Å². The predicted octanol–water partition coefficient (Wildman–Crippen LogP) is 2.35. The molecule has 1 aliphatic rings. The summed E-state index contributed by atoms with van der Waals surface area (Å²) in [5.41, 5.74) is 1.97. The first-order valence-corrected chi connectivity index (χ1v) is 11.0. The summed E-state index contributed by atoms with van der Waals surface area (Å²) in [5.74, 6) is 0.283. The monoisotopic (exact) mass is 448 g/mol. The number of amides is 1. The minimum Gasteiger partial charge on any atom is -0.497 e. The fourth-order valence-electron chi connectivity index (χ4n) is 3.98. The van der Waals surface area contributed by atoms with Gasteiger partial charge in [0.1, 0.15) is 5.75 Å². The number of para-hydroxylation sites is 1. The van der Waals surface area contributed by atoms with E-state index in [0.29, 0.717) is 25.5 Å². The predicted molar refractivity (Wildman–Crippen MR) is 125 cm³/mol. The van der Waals surface area contributed by atoms with Crippen molar-refractivity contribution in [3.05, 3.63) is 87.8 Å². The zero-order valence-corrected chi connectivity index (χ0v) is 18.9. The number of aryl methyl sites for hydroxylation is 1. The third-order valence-electron chi connectivity index (χ3n) is 5.77. The van der Waals surface area contributed by atoms with E-state index in [1.54, 1.807) is 18.7 Å². The number of benzene rings is 2. The van der Waals surface area contributed by atoms with Crippen LogP contribution in [0.25, 0.3) is 5.69 Å². The molecular formula is C25H28N4O4. The molecule has 1 fully saturated rings. The van der Waals surface area contributed by atoms with Crippen molar-refractivity contribution < 1.29 is 14.3 Å². The molecule has 3 aromatic rings. The molecule has 2 aromatic carbocycles. The Morgan fingerprint density at radius 3 is 2.48 bits per heavy atom. The fraction of sp³-hybridized carbons (Fsp3) is 0.320. The van der Waals surface area contributed by atoms with Gasteiger partial charge >= 0.3 is 0 Å². The molecular weight excluding hydrogens is 420 g/mol. The molecule has 1 aromatic heterocycles. The Morgan fingerprint density at radius 2 is 1.82 bits per heavy atom. The Hall–Kier alpha value is -3.49. The third kappa shape index (κ3) is 5.30. The zero-order valence-electron chi connectivity index (χ0n) is 18.9. The van der Waals surface area contributed by atoms with E-state index in [-0.39, 0.29) is 11.7 Å². The van der Waals surface area contributed by atoms with Gasteiger partial charge in [-0.3, -0.25) is 14.5 Å². The molecule has 8 heteroatoms. The summed E-state index contributed by atoms with van der Waals surface area (Å²) in [6, 6.07) is 18.6. The topological polar surface area (TPSA) is 85.7 Å². The standard InChI is InChI=1S/C25H28N4O4/c1-18-16-23(30)24(27-29(18)20-6-4-3-5-7-20)25(31)26-17-22(28-12-14-33-15-13-28)19-8-10-21(32-2)11-9-19/h3-11,16,22H,12-15,17H2,1-2H3,(H,26,31). The van der Waals surface area contributed by atoms with E-state index in [1.165, 1.54) is 6.07 Å². The minimum atomic E-state index is -0.489. The number of ether oxygens (including phenoxy) is 2. The van der Waals surface area contributed by atoms with Crippen LogP contribution in [-0.4, -0.2) is 60.5 Å². The lowest BCUT2D eigenvalue weighted by molar-refractivity contribution is 0.0162. The summed E-state index contributed by atoms with van der Waals surface area (Å²) in [6.45, 7) is 4.93. The number of rotatable bonds is 7. The van der Waals surface area contributed by atoms with Gasteiger partial charge in [-0.05, 0) is 36.8 Å². The van der Waals surface area contributed by atoms with Gasteiger partial charge in [0, 0.05) is 31.4 Å². The van der Waals surface area contributed by atoms with Gasteiger partial charge in [0.05, 0.1) is 32.1 Å². The van der Waals surface area contributed by atoms with Crippen LogP contribution in [0.5, 0.6) is 5.75 Å². The van der Waals surface area contributed by atoms with E-state index in [9.17, 15) is 9.59 Å². The number of carbonyl (C=O) groups is 1. The lowest BCUT2D eigenvalue weighted by atomic mass is 10.0. The summed E-state index contributed by atoms with van der Waals surface area (Å²) in [4.78, 5) is 27.9. The molecule has 4 rings (SSSR count). The molecule has 0 spiro atoms. The van der Waals surface area contributed by atoms with Crippen LogP contribution in [0.3, 0.4) is 0 Å². The van der Waals surface area contributed by atoms with Crippen molar-refractivity contribution in [1.82, 2.24) is 20.0 Å². The van der Waals surface area contributed by atoms with Crippen LogP contribution in [0.15, 0.2) is 65.5 Å². The van der Waals surface area contributed by atoms with Crippen LogP contribution in [0, 0.1) is 6.92 Å². The van der Waals surface area contributed by atoms with Crippen LogP contribution in [-0.2, 0) is 4.74 Å². The molecule has 1 amide bonds. The van der Waals surface area contributed by atoms with Crippen LogP contribution in [0.1, 0.15) is 27.8 Å². The number of hydrogen-bond donors (Lipinski definition) is 1. The average molecular weight is 449 g/mol. The number of aromatic nitrogens is 2. The summed E-state index contributed by atoms with van der Waals surface area (Å²) in [6.07, 6.45) is 0. The van der Waals surface area contributed by atoms with Gasteiger partial charge in [0.25, 0.3) is 5.91 Å². The highest BCUT2D eigenvalue weighted by Gasteiger charge is 2.24. The molecule has 1 unspecified atom stereocenters. The summed E-state index contributed by atoms with van der Waals surface area (Å²) < 4.78 is 12.4. The second-order valence-electron chi connectivity index (χ2n) is 7.89. The highest BCUT2D eigenvalue weighted by atomic mass is 16.5. The highest BCUT2D eigenvalue weighted by Crippen LogP contribution is 2.23. The van der Waals surface area contributed by atoms with Crippen molar-refractivity contribution >= 4 is 5.91 Å². The smallest absolute Gasteiger partial charge is 0.275 e. The Labute approximate surface area is 192 Å². The number of carbonyl (C=O) groups excluding carboxylic acids is 1. The number of nitrogens with zero attached hydrogens (tertiary/aromatic N) is 3. The quantitative estimate of drug-likeness (QED) is 0.597. The lowest BCUT2D eigenvalue weighted by Crippen LogP contribution is -2.44. The highest BCUT2D eigenvalue weighted by molar-refractivity contribution is 5.92. The van der Waals surface area contributed by atoms with Crippen molar-refractivity contribution in [2.75, 3.05) is 40.0 Å². The van der Waals surface area contributed by atoms with Crippen LogP contribution < -0.4 is 15.5 Å². The Morgan fingerprint density at radius 1 is 1.12 bits per heavy atom. The maximum Gasteiger partial charge on any atom is 0.275 e. The lowest BCUT2D eigenvalue weighted by Gasteiger charge is -2.35. The molecule has 0 aliphatic carbocycles. The molecule has 1 saturated heterocycles. The molecule has 0 radical (unpaired) electrons. The molecule has 1 N–H and O–H groups in total. The van der Waals surface area contributed by atoms with Crippen LogP contribution in [0.4, 0.5) is 0 Å². The van der Waals surface area contributed by atoms with E-state index >= 15 is 0 Å². The van der Waals surface area contributed by atoms with Crippen molar-refractivity contribution in [1.29, 1.82) is 0 Å². The van der Waals surface area contributed by atoms with Gasteiger partial charge in [-0.2, -0.15) is 5.10 Å². The Bertz CT molecular complexity index is 1140. The molecule has 33 heavy (non-hydrogen) atoms. The van der Waals surface area contributed by atoms with E-state index in [4.69, 9.17) is 9.47 Å². The van der Waals surface area contributed by atoms with Gasteiger partial charge < -0.3 is 14.8 Å². The molecule has 8 nitrogen and oxygen atoms in total. The molecule has 0 bridgehead atoms. The summed E-state index contributed by atoms with van der Waals surface area (Å²) >= 11 is 0. The normalized spacial score (nSPS) is 15.1. The number of hydrogen-bond acceptors (Lipinski definition) is 6. The first-order chi connectivity index (χ1) is 16.1. The largest absolute Gasteiger partial charge is 0.497 e. The van der Waals surface area contributed by atoms with E-state index in [1.807, 2.05) is 54.6 Å². The second-order valence-corrected chi connectivity index (χ2v) is 7.89. The van der Waals surface area contributed by atoms with E-state index in [2.05, 4.69) is 15.3 Å². The van der Waals surface area contributed by atoms with Gasteiger partial charge in [-0.1, -0.05) is 30.3 Å². The summed E-state index contributed by atoms with van der Waals surface area (Å²) in [5, 5.41) is 7.30. The van der Waals surface area contributed by atoms with E-state index in [0.717, 1.165) is 30.1 Å². The number of nitrogens with one attached hydrogen (secondary N) is 1. The first-order valence-electron chi connectivity index (χ1n) is 11.0. The second kappa shape index (κ2) is 10.4. The third-order valence-corrected chi connectivity index (χ3v) is 5.77. The van der Waals surface area contributed by atoms with Gasteiger partial charge in [0.15, 0.2) is 5.69 Å². The van der Waals surface area contributed by atoms with Crippen molar-refractivity contribution in [3.8, 4) is 11.4 Å². The Balaban J connectivity index is 1.56. The molecule has 172 valence electrons. The maximum atomic E-state index is 13.0. The Kier molecular flexibility index (Phi) is 7.16. The molecule has 2 heterocycles. The SMILES string of the molecule is COc1ccc(C(CNC(=O)c2nn(-c3ccccc3)c(C)cc2=O)N2CCOCC2)cc1. The number of methoxy groups -OCH3 is 1. The van der Waals surface area contributed by atoms with Gasteiger partial charge in [0.2, 0.25) is 5.43 Å². The molecule has 1 atom stereocenters. The van der Waals surface area contributed by atoms with Crippen LogP contribution >= 0.6 is 0 Å². The van der Waals surface area contributed by atoms with E-state index < -0.39 is 11.3 Å². The van der Waals surface area contributed by atoms with Crippen LogP contribution in [0.2, 0.25) is 0 Å². The van der Waals surface area contributed by atoms with Gasteiger partial charge in [-0.15, -0.1) is 0 Å². The molecule has 0 saturated carbocycles. The number of morpholine rings is 1. The maximum absolute atomic E-state index is 13.0. The van der Waals surface area contributed by atoms with Crippen molar-refractivity contribution in [2.45, 2.75) is 13.0 Å².